The topological polar surface area (TPSA) is 20.2 Å². The third-order valence-corrected chi connectivity index (χ3v) is 2.63. The van der Waals surface area contributed by atoms with Crippen LogP contribution >= 0.6 is 0 Å². The van der Waals surface area contributed by atoms with Crippen molar-refractivity contribution in [1.82, 2.24) is 0 Å². The Kier molecular flexibility index (Phi) is 2.69. The zero-order chi connectivity index (χ0) is 11.0. The Bertz CT molecular complexity index is 351. The van der Waals surface area contributed by atoms with Crippen LogP contribution in [0.15, 0.2) is 12.1 Å². The highest BCUT2D eigenvalue weighted by atomic mass is 19.1. The van der Waals surface area contributed by atoms with Gasteiger partial charge in [0.25, 0.3) is 0 Å². The van der Waals surface area contributed by atoms with E-state index in [-0.39, 0.29) is 0 Å². The number of halogens is 3. The molecule has 2 rings (SSSR count). The standard InChI is InChI=1S/C11H11F3O/c12-7-4-8(13)11(9(14)5-7)10(15)3-6-1-2-6/h4-6,10,15H,1-3H2. The molecule has 0 aliphatic heterocycles. The quantitative estimate of drug-likeness (QED) is 0.823. The molecule has 82 valence electrons. The van der Waals surface area contributed by atoms with Gasteiger partial charge in [0, 0.05) is 12.1 Å². The zero-order valence-electron chi connectivity index (χ0n) is 8.01. The summed E-state index contributed by atoms with van der Waals surface area (Å²) < 4.78 is 39.0. The van der Waals surface area contributed by atoms with Crippen molar-refractivity contribution in [2.24, 2.45) is 5.92 Å². The van der Waals surface area contributed by atoms with Gasteiger partial charge in [-0.15, -0.1) is 0 Å². The molecule has 0 spiro atoms. The van der Waals surface area contributed by atoms with E-state index in [1.165, 1.54) is 0 Å². The summed E-state index contributed by atoms with van der Waals surface area (Å²) in [5.74, 6) is -2.64. The van der Waals surface area contributed by atoms with Gasteiger partial charge in [-0.1, -0.05) is 12.8 Å². The van der Waals surface area contributed by atoms with Gasteiger partial charge >= 0.3 is 0 Å². The molecule has 15 heavy (non-hydrogen) atoms. The van der Waals surface area contributed by atoms with E-state index in [0.717, 1.165) is 12.8 Å². The number of aliphatic hydroxyl groups is 1. The molecule has 1 saturated carbocycles. The molecule has 0 heterocycles. The lowest BCUT2D eigenvalue weighted by molar-refractivity contribution is 0.150. The highest BCUT2D eigenvalue weighted by Crippen LogP contribution is 2.38. The Hall–Kier alpha value is -1.03. The minimum atomic E-state index is -1.17. The second kappa shape index (κ2) is 3.85. The number of rotatable bonds is 3. The molecule has 1 aliphatic carbocycles. The van der Waals surface area contributed by atoms with Gasteiger partial charge in [-0.2, -0.15) is 0 Å². The van der Waals surface area contributed by atoms with Crippen molar-refractivity contribution in [2.75, 3.05) is 0 Å². The molecular weight excluding hydrogens is 205 g/mol. The fourth-order valence-electron chi connectivity index (χ4n) is 1.66. The summed E-state index contributed by atoms with van der Waals surface area (Å²) in [5, 5.41) is 9.58. The molecule has 1 aliphatic rings. The Balaban J connectivity index is 2.24. The molecule has 1 atom stereocenters. The minimum absolute atomic E-state index is 0.347. The fraction of sp³-hybridized carbons (Fsp3) is 0.455. The molecule has 0 saturated heterocycles. The molecule has 1 unspecified atom stereocenters. The predicted octanol–water partition coefficient (Wildman–Crippen LogP) is 2.94. The first-order valence-corrected chi connectivity index (χ1v) is 4.90. The number of benzene rings is 1. The van der Waals surface area contributed by atoms with Gasteiger partial charge in [0.05, 0.1) is 11.7 Å². The highest BCUT2D eigenvalue weighted by Gasteiger charge is 2.28. The minimum Gasteiger partial charge on any atom is -0.388 e. The third-order valence-electron chi connectivity index (χ3n) is 2.63. The van der Waals surface area contributed by atoms with Crippen LogP contribution in [0.5, 0.6) is 0 Å². The smallest absolute Gasteiger partial charge is 0.134 e. The Labute approximate surface area is 85.5 Å². The van der Waals surface area contributed by atoms with E-state index in [4.69, 9.17) is 0 Å². The van der Waals surface area contributed by atoms with Crippen molar-refractivity contribution in [3.05, 3.63) is 35.1 Å². The largest absolute Gasteiger partial charge is 0.388 e. The van der Waals surface area contributed by atoms with Crippen molar-refractivity contribution < 1.29 is 18.3 Å². The lowest BCUT2D eigenvalue weighted by Gasteiger charge is -2.12. The van der Waals surface area contributed by atoms with Crippen molar-refractivity contribution in [3.8, 4) is 0 Å². The van der Waals surface area contributed by atoms with Gasteiger partial charge in [0.15, 0.2) is 0 Å². The summed E-state index contributed by atoms with van der Waals surface area (Å²) in [6.07, 6.45) is 1.15. The molecule has 0 bridgehead atoms. The average molecular weight is 216 g/mol. The summed E-state index contributed by atoms with van der Waals surface area (Å²) >= 11 is 0. The molecule has 1 N–H and O–H groups in total. The Morgan fingerprint density at radius 1 is 1.20 bits per heavy atom. The Morgan fingerprint density at radius 3 is 2.20 bits per heavy atom. The van der Waals surface area contributed by atoms with Crippen molar-refractivity contribution in [3.63, 3.8) is 0 Å². The van der Waals surface area contributed by atoms with Crippen LogP contribution < -0.4 is 0 Å². The summed E-state index contributed by atoms with van der Waals surface area (Å²) in [7, 11) is 0. The van der Waals surface area contributed by atoms with Crippen LogP contribution in [0.2, 0.25) is 0 Å². The third kappa shape index (κ3) is 2.31. The van der Waals surface area contributed by atoms with Gasteiger partial charge < -0.3 is 5.11 Å². The Morgan fingerprint density at radius 2 is 1.73 bits per heavy atom. The first-order valence-electron chi connectivity index (χ1n) is 4.90. The van der Waals surface area contributed by atoms with E-state index < -0.39 is 29.1 Å². The average Bonchev–Trinajstić information content (AvgIpc) is 2.85. The second-order valence-electron chi connectivity index (χ2n) is 3.98. The molecule has 0 radical (unpaired) electrons. The van der Waals surface area contributed by atoms with E-state index >= 15 is 0 Å². The van der Waals surface area contributed by atoms with Crippen LogP contribution in [-0.4, -0.2) is 5.11 Å². The van der Waals surface area contributed by atoms with E-state index in [2.05, 4.69) is 0 Å². The van der Waals surface area contributed by atoms with E-state index in [0.29, 0.717) is 24.5 Å². The van der Waals surface area contributed by atoms with Crippen LogP contribution in [-0.2, 0) is 0 Å². The van der Waals surface area contributed by atoms with Gasteiger partial charge in [-0.05, 0) is 12.3 Å². The summed E-state index contributed by atoms with van der Waals surface area (Å²) in [4.78, 5) is 0. The summed E-state index contributed by atoms with van der Waals surface area (Å²) in [5.41, 5.74) is -0.414. The van der Waals surface area contributed by atoms with Gasteiger partial charge in [0.1, 0.15) is 17.5 Å². The van der Waals surface area contributed by atoms with E-state index in [1.807, 2.05) is 0 Å². The van der Waals surface area contributed by atoms with Crippen LogP contribution in [0.25, 0.3) is 0 Å². The van der Waals surface area contributed by atoms with E-state index in [1.54, 1.807) is 0 Å². The fourth-order valence-corrected chi connectivity index (χ4v) is 1.66. The molecule has 1 nitrogen and oxygen atoms in total. The summed E-state index contributed by atoms with van der Waals surface area (Å²) in [6, 6.07) is 1.18. The zero-order valence-corrected chi connectivity index (χ0v) is 8.01. The molecule has 1 fully saturated rings. The molecular formula is C11H11F3O. The number of hydrogen-bond donors (Lipinski definition) is 1. The van der Waals surface area contributed by atoms with Gasteiger partial charge in [-0.3, -0.25) is 0 Å². The van der Waals surface area contributed by atoms with Crippen LogP contribution in [0, 0.1) is 23.4 Å². The second-order valence-corrected chi connectivity index (χ2v) is 3.98. The maximum Gasteiger partial charge on any atom is 0.134 e. The monoisotopic (exact) mass is 216 g/mol. The SMILES string of the molecule is OC(CC1CC1)c1c(F)cc(F)cc1F. The molecule has 0 amide bonds. The first-order chi connectivity index (χ1) is 7.08. The van der Waals surface area contributed by atoms with E-state index in [9.17, 15) is 18.3 Å². The first kappa shape index (κ1) is 10.5. The molecule has 0 aromatic heterocycles. The van der Waals surface area contributed by atoms with Crippen LogP contribution in [0.3, 0.4) is 0 Å². The van der Waals surface area contributed by atoms with Crippen LogP contribution in [0.4, 0.5) is 13.2 Å². The van der Waals surface area contributed by atoms with Crippen molar-refractivity contribution in [2.45, 2.75) is 25.4 Å². The molecule has 4 heteroatoms. The van der Waals surface area contributed by atoms with Gasteiger partial charge in [-0.25, -0.2) is 13.2 Å². The molecule has 1 aromatic carbocycles. The number of hydrogen-bond acceptors (Lipinski definition) is 1. The molecule has 1 aromatic rings. The van der Waals surface area contributed by atoms with Crippen LogP contribution in [0.1, 0.15) is 30.9 Å². The lowest BCUT2D eigenvalue weighted by atomic mass is 10.0. The van der Waals surface area contributed by atoms with Gasteiger partial charge in [0.2, 0.25) is 0 Å². The summed E-state index contributed by atoms with van der Waals surface area (Å²) in [6.45, 7) is 0. The highest BCUT2D eigenvalue weighted by molar-refractivity contribution is 5.23. The predicted molar refractivity (Wildman–Crippen MR) is 48.6 cm³/mol. The lowest BCUT2D eigenvalue weighted by Crippen LogP contribution is -2.05. The maximum absolute atomic E-state index is 13.2. The normalized spacial score (nSPS) is 17.9. The number of aliphatic hydroxyl groups excluding tert-OH is 1. The van der Waals surface area contributed by atoms with Crippen molar-refractivity contribution in [1.29, 1.82) is 0 Å². The maximum atomic E-state index is 13.2. The van der Waals surface area contributed by atoms with Crippen molar-refractivity contribution >= 4 is 0 Å².